The largest absolute Gasteiger partial charge is 0.388 e. The van der Waals surface area contributed by atoms with Crippen LogP contribution in [0.2, 0.25) is 0 Å². The summed E-state index contributed by atoms with van der Waals surface area (Å²) < 4.78 is 0. The Morgan fingerprint density at radius 2 is 1.50 bits per heavy atom. The molecule has 1 saturated heterocycles. The van der Waals surface area contributed by atoms with E-state index < -0.39 is 16.7 Å². The number of hydrogen-bond acceptors (Lipinski definition) is 3. The van der Waals surface area contributed by atoms with E-state index in [1.165, 1.54) is 0 Å². The van der Waals surface area contributed by atoms with Crippen molar-refractivity contribution in [2.24, 2.45) is 0 Å². The van der Waals surface area contributed by atoms with Gasteiger partial charge in [0.25, 0.3) is 0 Å². The smallest absolute Gasteiger partial charge is 0.243 e. The number of likely N-dealkylation sites (N-methyl/N-ethyl adjacent to an activating group) is 1. The molecule has 1 amide bonds. The second kappa shape index (κ2) is 5.37. The van der Waals surface area contributed by atoms with Crippen LogP contribution in [-0.4, -0.2) is 56.6 Å². The van der Waals surface area contributed by atoms with Crippen molar-refractivity contribution in [1.82, 2.24) is 9.80 Å². The third kappa shape index (κ3) is 2.98. The Hall–Kier alpha value is 0.0783. The van der Waals surface area contributed by atoms with E-state index in [1.807, 2.05) is 39.6 Å². The Labute approximate surface area is 138 Å². The second-order valence-electron chi connectivity index (χ2n) is 7.94. The van der Waals surface area contributed by atoms with E-state index in [9.17, 15) is 9.90 Å². The number of aliphatic hydroxyl groups is 1. The summed E-state index contributed by atoms with van der Waals surface area (Å²) in [4.78, 5) is 16.8. The summed E-state index contributed by atoms with van der Waals surface area (Å²) in [5, 5.41) is 10.4. The third-order valence-corrected chi connectivity index (χ3v) is 5.23. The maximum absolute atomic E-state index is 12.8. The minimum absolute atomic E-state index is 0. The SMILES string of the molecule is CN1C(C)(C)CN(C(C)(C)C(C)(C)O)C(=O)C1(C)C.[W]. The van der Waals surface area contributed by atoms with Crippen LogP contribution < -0.4 is 0 Å². The van der Waals surface area contributed by atoms with Crippen molar-refractivity contribution in [3.8, 4) is 0 Å². The minimum atomic E-state index is -0.954. The summed E-state index contributed by atoms with van der Waals surface area (Å²) in [6, 6.07) is 0. The average Bonchev–Trinajstić information content (AvgIpc) is 2.20. The number of carbonyl (C=O) groups is 1. The van der Waals surface area contributed by atoms with Gasteiger partial charge in [-0.3, -0.25) is 9.69 Å². The molecule has 20 heavy (non-hydrogen) atoms. The Kier molecular flexibility index (Phi) is 5.39. The van der Waals surface area contributed by atoms with E-state index in [1.54, 1.807) is 13.8 Å². The summed E-state index contributed by atoms with van der Waals surface area (Å²) in [5.41, 5.74) is -2.26. The zero-order chi connectivity index (χ0) is 15.4. The molecule has 118 valence electrons. The Bertz CT molecular complexity index is 384. The van der Waals surface area contributed by atoms with Gasteiger partial charge in [0, 0.05) is 33.1 Å². The predicted octanol–water partition coefficient (Wildman–Crippen LogP) is 1.86. The molecular formula is C15H30N2O2W. The Morgan fingerprint density at radius 3 is 1.85 bits per heavy atom. The van der Waals surface area contributed by atoms with Crippen LogP contribution >= 0.6 is 0 Å². The van der Waals surface area contributed by atoms with Gasteiger partial charge < -0.3 is 10.0 Å². The molecule has 1 N–H and O–H groups in total. The van der Waals surface area contributed by atoms with E-state index >= 15 is 0 Å². The van der Waals surface area contributed by atoms with Gasteiger partial charge >= 0.3 is 0 Å². The minimum Gasteiger partial charge on any atom is -0.388 e. The van der Waals surface area contributed by atoms with Gasteiger partial charge in [-0.15, -0.1) is 0 Å². The average molecular weight is 454 g/mol. The fourth-order valence-corrected chi connectivity index (χ4v) is 2.58. The van der Waals surface area contributed by atoms with Gasteiger partial charge in [-0.1, -0.05) is 0 Å². The Morgan fingerprint density at radius 1 is 1.10 bits per heavy atom. The van der Waals surface area contributed by atoms with Gasteiger partial charge in [0.15, 0.2) is 0 Å². The van der Waals surface area contributed by atoms with Crippen LogP contribution in [0.3, 0.4) is 0 Å². The number of carbonyl (C=O) groups excluding carboxylic acids is 1. The van der Waals surface area contributed by atoms with Crippen LogP contribution in [0.4, 0.5) is 0 Å². The fraction of sp³-hybridized carbons (Fsp3) is 0.933. The number of amides is 1. The van der Waals surface area contributed by atoms with E-state index in [-0.39, 0.29) is 32.5 Å². The molecular weight excluding hydrogens is 424 g/mol. The van der Waals surface area contributed by atoms with Gasteiger partial charge in [0.2, 0.25) is 5.91 Å². The Balaban J connectivity index is 0.00000361. The first-order chi connectivity index (χ1) is 8.15. The zero-order valence-corrected chi connectivity index (χ0v) is 17.3. The maximum atomic E-state index is 12.8. The molecule has 1 heterocycles. The molecule has 0 atom stereocenters. The molecule has 1 fully saturated rings. The summed E-state index contributed by atoms with van der Waals surface area (Å²) in [6.45, 7) is 16.2. The predicted molar refractivity (Wildman–Crippen MR) is 78.0 cm³/mol. The molecule has 0 aliphatic carbocycles. The molecule has 0 spiro atoms. The number of rotatable bonds is 2. The molecule has 4 nitrogen and oxygen atoms in total. The molecule has 0 saturated carbocycles. The molecule has 0 radical (unpaired) electrons. The van der Waals surface area contributed by atoms with Crippen LogP contribution in [0.1, 0.15) is 55.4 Å². The van der Waals surface area contributed by atoms with E-state index in [0.29, 0.717) is 6.54 Å². The van der Waals surface area contributed by atoms with Crippen molar-refractivity contribution in [2.75, 3.05) is 13.6 Å². The van der Waals surface area contributed by atoms with E-state index in [2.05, 4.69) is 18.7 Å². The van der Waals surface area contributed by atoms with Crippen molar-refractivity contribution in [1.29, 1.82) is 0 Å². The third-order valence-electron chi connectivity index (χ3n) is 5.23. The number of piperazine rings is 1. The summed E-state index contributed by atoms with van der Waals surface area (Å²) in [5.74, 6) is 0.0708. The molecule has 0 aromatic carbocycles. The van der Waals surface area contributed by atoms with Gasteiger partial charge in [-0.25, -0.2) is 0 Å². The standard InChI is InChI=1S/C15H30N2O2.W/c1-12(2)10-17(14(5,6)15(7,8)19)11(18)13(3,4)16(12)9;/h19H,10H2,1-9H3;. The van der Waals surface area contributed by atoms with E-state index in [0.717, 1.165) is 0 Å². The van der Waals surface area contributed by atoms with Crippen LogP contribution in [0.15, 0.2) is 0 Å². The quantitative estimate of drug-likeness (QED) is 0.693. The maximum Gasteiger partial charge on any atom is 0.243 e. The van der Waals surface area contributed by atoms with Crippen LogP contribution in [0, 0.1) is 0 Å². The number of nitrogens with zero attached hydrogens (tertiary/aromatic N) is 2. The topological polar surface area (TPSA) is 43.8 Å². The first kappa shape index (κ1) is 20.1. The van der Waals surface area contributed by atoms with Crippen molar-refractivity contribution >= 4 is 5.91 Å². The van der Waals surface area contributed by atoms with Crippen molar-refractivity contribution < 1.29 is 31.0 Å². The second-order valence-corrected chi connectivity index (χ2v) is 7.94. The molecule has 1 aliphatic rings. The normalized spacial score (nSPS) is 23.5. The zero-order valence-electron chi connectivity index (χ0n) is 14.4. The van der Waals surface area contributed by atoms with Crippen molar-refractivity contribution in [3.05, 3.63) is 0 Å². The fourth-order valence-electron chi connectivity index (χ4n) is 2.58. The molecule has 1 aliphatic heterocycles. The van der Waals surface area contributed by atoms with Crippen molar-refractivity contribution in [3.63, 3.8) is 0 Å². The van der Waals surface area contributed by atoms with E-state index in [4.69, 9.17) is 0 Å². The number of hydrogen-bond donors (Lipinski definition) is 1. The molecule has 5 heteroatoms. The van der Waals surface area contributed by atoms with Gasteiger partial charge in [-0.2, -0.15) is 0 Å². The summed E-state index contributed by atoms with van der Waals surface area (Å²) in [6.07, 6.45) is 0. The van der Waals surface area contributed by atoms with Gasteiger partial charge in [0.1, 0.15) is 0 Å². The van der Waals surface area contributed by atoms with Crippen LogP contribution in [0.25, 0.3) is 0 Å². The molecule has 0 aromatic heterocycles. The van der Waals surface area contributed by atoms with Gasteiger partial charge in [-0.05, 0) is 62.4 Å². The first-order valence-electron chi connectivity index (χ1n) is 6.94. The van der Waals surface area contributed by atoms with Gasteiger partial charge in [0.05, 0.1) is 16.7 Å². The molecule has 1 rings (SSSR count). The summed E-state index contributed by atoms with van der Waals surface area (Å²) in [7, 11) is 1.99. The molecule has 0 aromatic rings. The molecule has 0 bridgehead atoms. The monoisotopic (exact) mass is 454 g/mol. The van der Waals surface area contributed by atoms with Crippen molar-refractivity contribution in [2.45, 2.75) is 77.6 Å². The van der Waals surface area contributed by atoms with Crippen LogP contribution in [0.5, 0.6) is 0 Å². The molecule has 0 unspecified atom stereocenters. The van der Waals surface area contributed by atoms with Crippen LogP contribution in [-0.2, 0) is 25.9 Å². The summed E-state index contributed by atoms with van der Waals surface area (Å²) >= 11 is 0. The first-order valence-corrected chi connectivity index (χ1v) is 6.94.